The number of nitrogens with one attached hydrogen (secondary N) is 1. The molecule has 0 spiro atoms. The Kier molecular flexibility index (Phi) is 6.37. The Balaban J connectivity index is 2.05. The second-order valence-corrected chi connectivity index (χ2v) is 6.00. The Bertz CT molecular complexity index is 427. The van der Waals surface area contributed by atoms with Gasteiger partial charge in [0.05, 0.1) is 13.2 Å². The maximum atomic E-state index is 6.09. The van der Waals surface area contributed by atoms with E-state index in [0.29, 0.717) is 6.04 Å². The molecule has 1 fully saturated rings. The largest absolute Gasteiger partial charge is 0.493 e. The second kappa shape index (κ2) is 8.28. The third kappa shape index (κ3) is 4.63. The summed E-state index contributed by atoms with van der Waals surface area (Å²) in [4.78, 5) is 0. The van der Waals surface area contributed by atoms with E-state index in [1.807, 2.05) is 12.1 Å². The van der Waals surface area contributed by atoms with Crippen LogP contribution < -0.4 is 14.8 Å². The fourth-order valence-corrected chi connectivity index (χ4v) is 2.84. The minimum absolute atomic E-state index is 0.203. The van der Waals surface area contributed by atoms with Crippen LogP contribution in [-0.2, 0) is 6.54 Å². The lowest BCUT2D eigenvalue weighted by atomic mass is 9.95. The molecule has 0 radical (unpaired) electrons. The average Bonchev–Trinajstić information content (AvgIpc) is 2.54. The van der Waals surface area contributed by atoms with Crippen LogP contribution in [0.3, 0.4) is 0 Å². The van der Waals surface area contributed by atoms with E-state index in [0.717, 1.165) is 24.5 Å². The number of benzene rings is 1. The van der Waals surface area contributed by atoms with Crippen LogP contribution in [0.2, 0.25) is 0 Å². The van der Waals surface area contributed by atoms with Gasteiger partial charge in [-0.05, 0) is 32.3 Å². The number of rotatable bonds is 7. The van der Waals surface area contributed by atoms with Crippen molar-refractivity contribution in [1.29, 1.82) is 0 Å². The van der Waals surface area contributed by atoms with Gasteiger partial charge in [-0.1, -0.05) is 38.3 Å². The smallest absolute Gasteiger partial charge is 0.166 e. The van der Waals surface area contributed by atoms with E-state index in [4.69, 9.17) is 9.47 Å². The molecule has 0 heterocycles. The molecule has 1 aliphatic rings. The second-order valence-electron chi connectivity index (χ2n) is 6.00. The monoisotopic (exact) mass is 291 g/mol. The van der Waals surface area contributed by atoms with E-state index in [2.05, 4.69) is 25.2 Å². The third-order valence-electron chi connectivity index (χ3n) is 4.36. The van der Waals surface area contributed by atoms with Gasteiger partial charge in [0.25, 0.3) is 0 Å². The molecule has 3 heteroatoms. The highest BCUT2D eigenvalue weighted by molar-refractivity contribution is 5.46. The Morgan fingerprint density at radius 3 is 2.67 bits per heavy atom. The van der Waals surface area contributed by atoms with Gasteiger partial charge < -0.3 is 14.8 Å². The van der Waals surface area contributed by atoms with Crippen LogP contribution in [0.25, 0.3) is 0 Å². The molecule has 1 aromatic carbocycles. The van der Waals surface area contributed by atoms with Crippen molar-refractivity contribution in [1.82, 2.24) is 5.32 Å². The zero-order valence-corrected chi connectivity index (χ0v) is 13.7. The topological polar surface area (TPSA) is 30.5 Å². The van der Waals surface area contributed by atoms with Gasteiger partial charge in [0, 0.05) is 18.2 Å². The highest BCUT2D eigenvalue weighted by atomic mass is 16.5. The van der Waals surface area contributed by atoms with Gasteiger partial charge >= 0.3 is 0 Å². The Labute approximate surface area is 129 Å². The van der Waals surface area contributed by atoms with Gasteiger partial charge in [-0.25, -0.2) is 0 Å². The van der Waals surface area contributed by atoms with Crippen LogP contribution in [-0.4, -0.2) is 19.3 Å². The minimum atomic E-state index is 0.203. The zero-order valence-electron chi connectivity index (χ0n) is 13.7. The van der Waals surface area contributed by atoms with E-state index in [1.54, 1.807) is 7.11 Å². The van der Waals surface area contributed by atoms with Crippen LogP contribution in [0.15, 0.2) is 18.2 Å². The van der Waals surface area contributed by atoms with Gasteiger partial charge in [-0.2, -0.15) is 0 Å². The zero-order chi connectivity index (χ0) is 15.1. The van der Waals surface area contributed by atoms with E-state index < -0.39 is 0 Å². The van der Waals surface area contributed by atoms with E-state index in [-0.39, 0.29) is 6.10 Å². The number of hydrogen-bond acceptors (Lipinski definition) is 3. The van der Waals surface area contributed by atoms with Crippen LogP contribution in [0.1, 0.15) is 57.9 Å². The minimum Gasteiger partial charge on any atom is -0.493 e. The SMILES string of the molecule is CCC(C)Oc1c(CNC2CCCCC2)cccc1OC. The summed E-state index contributed by atoms with van der Waals surface area (Å²) < 4.78 is 11.6. The highest BCUT2D eigenvalue weighted by Gasteiger charge is 2.16. The predicted octanol–water partition coefficient (Wildman–Crippen LogP) is 4.29. The van der Waals surface area contributed by atoms with Gasteiger partial charge in [0.1, 0.15) is 0 Å². The first-order chi connectivity index (χ1) is 10.2. The highest BCUT2D eigenvalue weighted by Crippen LogP contribution is 2.32. The Morgan fingerprint density at radius 1 is 1.24 bits per heavy atom. The molecule has 1 N–H and O–H groups in total. The summed E-state index contributed by atoms with van der Waals surface area (Å²) in [5, 5.41) is 3.69. The maximum absolute atomic E-state index is 6.09. The lowest BCUT2D eigenvalue weighted by Gasteiger charge is -2.24. The van der Waals surface area contributed by atoms with Crippen LogP contribution in [0.4, 0.5) is 0 Å². The summed E-state index contributed by atoms with van der Waals surface area (Å²) in [6.45, 7) is 5.10. The van der Waals surface area contributed by atoms with Gasteiger partial charge in [0.15, 0.2) is 11.5 Å². The molecule has 0 aliphatic heterocycles. The molecule has 1 saturated carbocycles. The molecule has 0 amide bonds. The molecule has 0 saturated heterocycles. The van der Waals surface area contributed by atoms with Crippen LogP contribution >= 0.6 is 0 Å². The van der Waals surface area contributed by atoms with Crippen molar-refractivity contribution in [3.8, 4) is 11.5 Å². The molecule has 3 nitrogen and oxygen atoms in total. The summed E-state index contributed by atoms with van der Waals surface area (Å²) in [7, 11) is 1.71. The Hall–Kier alpha value is -1.22. The molecular formula is C18H29NO2. The van der Waals surface area contributed by atoms with Crippen molar-refractivity contribution < 1.29 is 9.47 Å². The fraction of sp³-hybridized carbons (Fsp3) is 0.667. The molecule has 1 aromatic rings. The molecule has 1 unspecified atom stereocenters. The Morgan fingerprint density at radius 2 is 2.00 bits per heavy atom. The van der Waals surface area contributed by atoms with Gasteiger partial charge in [-0.15, -0.1) is 0 Å². The van der Waals surface area contributed by atoms with Crippen molar-refractivity contribution in [2.45, 2.75) is 71.1 Å². The average molecular weight is 291 g/mol. The summed E-state index contributed by atoms with van der Waals surface area (Å²) in [6.07, 6.45) is 7.89. The fourth-order valence-electron chi connectivity index (χ4n) is 2.84. The molecule has 118 valence electrons. The third-order valence-corrected chi connectivity index (χ3v) is 4.36. The van der Waals surface area contributed by atoms with Crippen LogP contribution in [0, 0.1) is 0 Å². The summed E-state index contributed by atoms with van der Waals surface area (Å²) in [5.74, 6) is 1.73. The predicted molar refractivity (Wildman–Crippen MR) is 87.1 cm³/mol. The van der Waals surface area contributed by atoms with Gasteiger partial charge in [-0.3, -0.25) is 0 Å². The first-order valence-corrected chi connectivity index (χ1v) is 8.30. The quantitative estimate of drug-likeness (QED) is 0.812. The van der Waals surface area contributed by atoms with Crippen molar-refractivity contribution in [3.63, 3.8) is 0 Å². The lowest BCUT2D eigenvalue weighted by Crippen LogP contribution is -2.30. The van der Waals surface area contributed by atoms with E-state index in [1.165, 1.54) is 37.7 Å². The number of para-hydroxylation sites is 1. The maximum Gasteiger partial charge on any atom is 0.166 e. The first kappa shape index (κ1) is 16.2. The molecule has 21 heavy (non-hydrogen) atoms. The number of methoxy groups -OCH3 is 1. The normalized spacial score (nSPS) is 17.5. The van der Waals surface area contributed by atoms with Crippen molar-refractivity contribution in [2.24, 2.45) is 0 Å². The molecule has 0 bridgehead atoms. The summed E-state index contributed by atoms with van der Waals surface area (Å²) in [6, 6.07) is 6.80. The van der Waals surface area contributed by atoms with Crippen molar-refractivity contribution in [3.05, 3.63) is 23.8 Å². The molecule has 1 aliphatic carbocycles. The molecular weight excluding hydrogens is 262 g/mol. The molecule has 1 atom stereocenters. The van der Waals surface area contributed by atoms with Crippen molar-refractivity contribution in [2.75, 3.05) is 7.11 Å². The van der Waals surface area contributed by atoms with Gasteiger partial charge in [0.2, 0.25) is 0 Å². The summed E-state index contributed by atoms with van der Waals surface area (Å²) in [5.41, 5.74) is 1.19. The first-order valence-electron chi connectivity index (χ1n) is 8.30. The van der Waals surface area contributed by atoms with Crippen molar-refractivity contribution >= 4 is 0 Å². The number of hydrogen-bond donors (Lipinski definition) is 1. The number of ether oxygens (including phenoxy) is 2. The standard InChI is InChI=1S/C18H29NO2/c1-4-14(2)21-18-15(9-8-12-17(18)20-3)13-19-16-10-6-5-7-11-16/h8-9,12,14,16,19H,4-7,10-11,13H2,1-3H3. The summed E-state index contributed by atoms with van der Waals surface area (Å²) >= 11 is 0. The van der Waals surface area contributed by atoms with E-state index >= 15 is 0 Å². The van der Waals surface area contributed by atoms with E-state index in [9.17, 15) is 0 Å². The molecule has 2 rings (SSSR count). The molecule has 0 aromatic heterocycles. The lowest BCUT2D eigenvalue weighted by molar-refractivity contribution is 0.204. The van der Waals surface area contributed by atoms with Crippen LogP contribution in [0.5, 0.6) is 11.5 Å².